The standard InChI is InChI=1S/C32H39NO4/c1-18(2)14-28-27-17-31(36-9)30(35-8)15-24(27)12-13-33(28)32(34)29-11-10-25(37-29)16-26-22(6)20(4)19(3)21(5)23(26)7/h10-11,14-15,17,28H,12-13,16H2,1-9H3. The van der Waals surface area contributed by atoms with Crippen LogP contribution in [0.3, 0.4) is 0 Å². The van der Waals surface area contributed by atoms with E-state index in [-0.39, 0.29) is 11.9 Å². The molecule has 1 aliphatic rings. The first kappa shape index (κ1) is 26.6. The number of amides is 1. The molecule has 37 heavy (non-hydrogen) atoms. The monoisotopic (exact) mass is 501 g/mol. The molecule has 0 saturated carbocycles. The molecule has 4 rings (SSSR count). The summed E-state index contributed by atoms with van der Waals surface area (Å²) < 4.78 is 17.3. The molecule has 0 saturated heterocycles. The Kier molecular flexibility index (Phi) is 7.54. The first-order valence-electron chi connectivity index (χ1n) is 12.9. The number of furan rings is 1. The van der Waals surface area contributed by atoms with Gasteiger partial charge in [0.25, 0.3) is 5.91 Å². The van der Waals surface area contributed by atoms with E-state index in [2.05, 4.69) is 54.5 Å². The third-order valence-corrected chi connectivity index (χ3v) is 8.05. The second kappa shape index (κ2) is 10.5. The highest BCUT2D eigenvalue weighted by molar-refractivity contribution is 5.92. The minimum absolute atomic E-state index is 0.0982. The van der Waals surface area contributed by atoms with Gasteiger partial charge in [-0.1, -0.05) is 11.6 Å². The molecule has 0 fully saturated rings. The third kappa shape index (κ3) is 4.92. The summed E-state index contributed by atoms with van der Waals surface area (Å²) in [5, 5.41) is 0. The third-order valence-electron chi connectivity index (χ3n) is 8.05. The number of carbonyl (C=O) groups excluding carboxylic acids is 1. The van der Waals surface area contributed by atoms with Crippen LogP contribution in [0.4, 0.5) is 0 Å². The van der Waals surface area contributed by atoms with Crippen molar-refractivity contribution >= 4 is 5.91 Å². The predicted octanol–water partition coefficient (Wildman–Crippen LogP) is 7.14. The van der Waals surface area contributed by atoms with E-state index >= 15 is 0 Å². The molecule has 0 radical (unpaired) electrons. The van der Waals surface area contributed by atoms with Gasteiger partial charge in [0.1, 0.15) is 5.76 Å². The van der Waals surface area contributed by atoms with Gasteiger partial charge in [-0.2, -0.15) is 0 Å². The first-order chi connectivity index (χ1) is 17.6. The van der Waals surface area contributed by atoms with Crippen LogP contribution in [0.15, 0.2) is 40.3 Å². The maximum Gasteiger partial charge on any atom is 0.290 e. The lowest BCUT2D eigenvalue weighted by molar-refractivity contribution is 0.0665. The van der Waals surface area contributed by atoms with Gasteiger partial charge in [-0.05, 0) is 124 Å². The van der Waals surface area contributed by atoms with Crippen LogP contribution in [-0.2, 0) is 12.8 Å². The van der Waals surface area contributed by atoms with Crippen LogP contribution in [0.1, 0.15) is 80.7 Å². The molecule has 1 unspecified atom stereocenters. The fraction of sp³-hybridized carbons (Fsp3) is 0.406. The zero-order valence-electron chi connectivity index (χ0n) is 23.7. The van der Waals surface area contributed by atoms with E-state index in [1.54, 1.807) is 14.2 Å². The summed E-state index contributed by atoms with van der Waals surface area (Å²) in [6.07, 6.45) is 3.54. The molecule has 1 aliphatic heterocycles. The smallest absolute Gasteiger partial charge is 0.290 e. The summed E-state index contributed by atoms with van der Waals surface area (Å²) in [6.45, 7) is 15.6. The van der Waals surface area contributed by atoms with Gasteiger partial charge in [-0.15, -0.1) is 0 Å². The number of hydrogen-bond donors (Lipinski definition) is 0. The highest BCUT2D eigenvalue weighted by Gasteiger charge is 2.33. The molecule has 5 heteroatoms. The molecule has 0 aliphatic carbocycles. The highest BCUT2D eigenvalue weighted by Crippen LogP contribution is 2.40. The van der Waals surface area contributed by atoms with Crippen molar-refractivity contribution in [2.24, 2.45) is 0 Å². The van der Waals surface area contributed by atoms with Crippen molar-refractivity contribution in [3.63, 3.8) is 0 Å². The number of ether oxygens (including phenoxy) is 2. The Bertz CT molecular complexity index is 1340. The molecule has 2 aromatic carbocycles. The Hall–Kier alpha value is -3.47. The largest absolute Gasteiger partial charge is 0.493 e. The van der Waals surface area contributed by atoms with Gasteiger partial charge in [0, 0.05) is 13.0 Å². The number of fused-ring (bicyclic) bond motifs is 1. The number of carbonyl (C=O) groups is 1. The van der Waals surface area contributed by atoms with Crippen molar-refractivity contribution in [2.75, 3.05) is 20.8 Å². The van der Waals surface area contributed by atoms with Crippen molar-refractivity contribution < 1.29 is 18.7 Å². The van der Waals surface area contributed by atoms with Crippen molar-refractivity contribution in [1.29, 1.82) is 0 Å². The predicted molar refractivity (Wildman–Crippen MR) is 148 cm³/mol. The molecule has 0 bridgehead atoms. The van der Waals surface area contributed by atoms with Gasteiger partial charge in [0.2, 0.25) is 0 Å². The molecular weight excluding hydrogens is 462 g/mol. The Morgan fingerprint density at radius 3 is 2.14 bits per heavy atom. The summed E-state index contributed by atoms with van der Waals surface area (Å²) in [7, 11) is 3.28. The van der Waals surface area contributed by atoms with Gasteiger partial charge in [-0.3, -0.25) is 4.79 Å². The molecule has 1 atom stereocenters. The second-order valence-electron chi connectivity index (χ2n) is 10.4. The van der Waals surface area contributed by atoms with E-state index in [0.717, 1.165) is 23.3 Å². The van der Waals surface area contributed by atoms with Crippen LogP contribution in [-0.4, -0.2) is 31.6 Å². The summed E-state index contributed by atoms with van der Waals surface area (Å²) in [5.41, 5.74) is 11.2. The zero-order chi connectivity index (χ0) is 27.0. The van der Waals surface area contributed by atoms with Crippen LogP contribution in [0.2, 0.25) is 0 Å². The van der Waals surface area contributed by atoms with Gasteiger partial charge in [0.05, 0.1) is 20.3 Å². The fourth-order valence-electron chi connectivity index (χ4n) is 5.45. The lowest BCUT2D eigenvalue weighted by Crippen LogP contribution is -2.39. The lowest BCUT2D eigenvalue weighted by Gasteiger charge is -2.36. The molecule has 1 amide bonds. The molecule has 0 spiro atoms. The van der Waals surface area contributed by atoms with Crippen LogP contribution in [0.25, 0.3) is 0 Å². The number of benzene rings is 2. The molecule has 1 aromatic heterocycles. The molecule has 5 nitrogen and oxygen atoms in total. The van der Waals surface area contributed by atoms with Gasteiger partial charge >= 0.3 is 0 Å². The van der Waals surface area contributed by atoms with Gasteiger partial charge in [-0.25, -0.2) is 0 Å². The Balaban J connectivity index is 1.66. The SMILES string of the molecule is COc1cc2c(cc1OC)C(C=C(C)C)N(C(=O)c1ccc(Cc3c(C)c(C)c(C)c(C)c3C)o1)CC2. The van der Waals surface area contributed by atoms with Crippen molar-refractivity contribution in [2.45, 2.75) is 67.3 Å². The Labute approximate surface area is 221 Å². The number of hydrogen-bond acceptors (Lipinski definition) is 4. The second-order valence-corrected chi connectivity index (χ2v) is 10.4. The first-order valence-corrected chi connectivity index (χ1v) is 12.9. The number of methoxy groups -OCH3 is 2. The minimum Gasteiger partial charge on any atom is -0.493 e. The summed E-state index contributed by atoms with van der Waals surface area (Å²) in [4.78, 5) is 15.7. The summed E-state index contributed by atoms with van der Waals surface area (Å²) in [5.74, 6) is 2.46. The van der Waals surface area contributed by atoms with E-state index in [1.165, 1.54) is 38.9 Å². The maximum absolute atomic E-state index is 13.8. The van der Waals surface area contributed by atoms with Gasteiger partial charge < -0.3 is 18.8 Å². The minimum atomic E-state index is -0.207. The molecule has 3 aromatic rings. The maximum atomic E-state index is 13.8. The van der Waals surface area contributed by atoms with E-state index < -0.39 is 0 Å². The lowest BCUT2D eigenvalue weighted by atomic mass is 9.88. The van der Waals surface area contributed by atoms with Crippen LogP contribution >= 0.6 is 0 Å². The Morgan fingerprint density at radius 2 is 1.54 bits per heavy atom. The van der Waals surface area contributed by atoms with Crippen LogP contribution in [0, 0.1) is 34.6 Å². The van der Waals surface area contributed by atoms with E-state index in [9.17, 15) is 4.79 Å². The Morgan fingerprint density at radius 1 is 0.946 bits per heavy atom. The topological polar surface area (TPSA) is 51.9 Å². The fourth-order valence-corrected chi connectivity index (χ4v) is 5.45. The molecule has 2 heterocycles. The van der Waals surface area contributed by atoms with E-state index in [1.807, 2.05) is 29.2 Å². The molecular formula is C32H39NO4. The summed E-state index contributed by atoms with van der Waals surface area (Å²) in [6, 6.07) is 7.58. The van der Waals surface area contributed by atoms with Crippen molar-refractivity contribution in [1.82, 2.24) is 4.90 Å². The van der Waals surface area contributed by atoms with Crippen LogP contribution < -0.4 is 9.47 Å². The van der Waals surface area contributed by atoms with Gasteiger partial charge in [0.15, 0.2) is 17.3 Å². The number of nitrogens with zero attached hydrogens (tertiary/aromatic N) is 1. The quantitative estimate of drug-likeness (QED) is 0.337. The zero-order valence-corrected chi connectivity index (χ0v) is 23.7. The van der Waals surface area contributed by atoms with Crippen molar-refractivity contribution in [3.05, 3.63) is 91.9 Å². The summed E-state index contributed by atoms with van der Waals surface area (Å²) >= 11 is 0. The van der Waals surface area contributed by atoms with E-state index in [0.29, 0.717) is 30.2 Å². The van der Waals surface area contributed by atoms with E-state index in [4.69, 9.17) is 13.9 Å². The molecule has 196 valence electrons. The molecule has 0 N–H and O–H groups in total. The average Bonchev–Trinajstić information content (AvgIpc) is 3.36. The number of rotatable bonds is 6. The van der Waals surface area contributed by atoms with Crippen molar-refractivity contribution in [3.8, 4) is 11.5 Å². The normalized spacial score (nSPS) is 14.8. The van der Waals surface area contributed by atoms with Crippen LogP contribution in [0.5, 0.6) is 11.5 Å². The number of allylic oxidation sites excluding steroid dienone is 1. The average molecular weight is 502 g/mol. The highest BCUT2D eigenvalue weighted by atomic mass is 16.5.